The standard InChI is InChI=1S/C26H28N4O2/c1-3-20-11-13-22(14-12-20)32-17-7-16-30-24-10-5-4-9-23(24)29-25(30)19(2)28-26(31)21-8-6-15-27-18-21/h4-6,8-15,18-19H,3,7,16-17H2,1-2H3,(H,28,31). The third-order valence-corrected chi connectivity index (χ3v) is 5.47. The van der Waals surface area contributed by atoms with E-state index in [1.54, 1.807) is 24.5 Å². The lowest BCUT2D eigenvalue weighted by Crippen LogP contribution is -2.29. The topological polar surface area (TPSA) is 69.0 Å². The van der Waals surface area contributed by atoms with Crippen LogP contribution in [0.4, 0.5) is 0 Å². The Morgan fingerprint density at radius 2 is 1.91 bits per heavy atom. The Morgan fingerprint density at radius 3 is 2.66 bits per heavy atom. The van der Waals surface area contributed by atoms with Crippen LogP contribution in [-0.4, -0.2) is 27.0 Å². The predicted octanol–water partition coefficient (Wildman–Crippen LogP) is 4.95. The Kier molecular flexibility index (Phi) is 6.80. The lowest BCUT2D eigenvalue weighted by atomic mass is 10.2. The average Bonchev–Trinajstić information content (AvgIpc) is 3.21. The number of para-hydroxylation sites is 2. The summed E-state index contributed by atoms with van der Waals surface area (Å²) in [6, 6.07) is 19.5. The van der Waals surface area contributed by atoms with E-state index in [-0.39, 0.29) is 11.9 Å². The fraction of sp³-hybridized carbons (Fsp3) is 0.269. The Labute approximate surface area is 188 Å². The summed E-state index contributed by atoms with van der Waals surface area (Å²) in [5.41, 5.74) is 3.80. The molecular weight excluding hydrogens is 400 g/mol. The second kappa shape index (κ2) is 10.1. The van der Waals surface area contributed by atoms with Crippen molar-refractivity contribution in [3.63, 3.8) is 0 Å². The number of aryl methyl sites for hydroxylation is 2. The molecule has 0 aliphatic carbocycles. The molecule has 32 heavy (non-hydrogen) atoms. The van der Waals surface area contributed by atoms with E-state index < -0.39 is 0 Å². The number of benzene rings is 2. The molecule has 6 heteroatoms. The molecule has 0 bridgehead atoms. The number of ether oxygens (including phenoxy) is 1. The van der Waals surface area contributed by atoms with E-state index in [2.05, 4.69) is 40.0 Å². The van der Waals surface area contributed by atoms with Crippen molar-refractivity contribution in [3.8, 4) is 5.75 Å². The van der Waals surface area contributed by atoms with Gasteiger partial charge in [0.15, 0.2) is 0 Å². The molecular formula is C26H28N4O2. The molecule has 0 fully saturated rings. The zero-order chi connectivity index (χ0) is 22.3. The Bertz CT molecular complexity index is 1170. The van der Waals surface area contributed by atoms with Gasteiger partial charge in [0, 0.05) is 18.9 Å². The van der Waals surface area contributed by atoms with Gasteiger partial charge in [0.25, 0.3) is 5.91 Å². The van der Waals surface area contributed by atoms with Crippen molar-refractivity contribution >= 4 is 16.9 Å². The van der Waals surface area contributed by atoms with Gasteiger partial charge in [0.05, 0.1) is 29.2 Å². The molecule has 0 radical (unpaired) electrons. The molecule has 6 nitrogen and oxygen atoms in total. The molecule has 2 heterocycles. The van der Waals surface area contributed by atoms with Gasteiger partial charge in [-0.3, -0.25) is 9.78 Å². The first-order valence-electron chi connectivity index (χ1n) is 11.0. The molecule has 1 atom stereocenters. The normalized spacial score (nSPS) is 11.9. The summed E-state index contributed by atoms with van der Waals surface area (Å²) in [5.74, 6) is 1.55. The van der Waals surface area contributed by atoms with Crippen molar-refractivity contribution in [1.29, 1.82) is 0 Å². The number of hydrogen-bond donors (Lipinski definition) is 1. The van der Waals surface area contributed by atoms with Crippen molar-refractivity contribution in [3.05, 3.63) is 90.0 Å². The Morgan fingerprint density at radius 1 is 1.09 bits per heavy atom. The molecule has 1 N–H and O–H groups in total. The lowest BCUT2D eigenvalue weighted by molar-refractivity contribution is 0.0937. The van der Waals surface area contributed by atoms with Crippen LogP contribution in [0.25, 0.3) is 11.0 Å². The van der Waals surface area contributed by atoms with Crippen LogP contribution in [0.1, 0.15) is 48.1 Å². The van der Waals surface area contributed by atoms with E-state index in [0.29, 0.717) is 12.2 Å². The largest absolute Gasteiger partial charge is 0.494 e. The number of carbonyl (C=O) groups excluding carboxylic acids is 1. The van der Waals surface area contributed by atoms with E-state index in [4.69, 9.17) is 9.72 Å². The summed E-state index contributed by atoms with van der Waals surface area (Å²) in [7, 11) is 0. The molecule has 0 aliphatic rings. The van der Waals surface area contributed by atoms with Gasteiger partial charge in [-0.2, -0.15) is 0 Å². The number of imidazole rings is 1. The summed E-state index contributed by atoms with van der Waals surface area (Å²) in [4.78, 5) is 21.4. The molecule has 1 unspecified atom stereocenters. The average molecular weight is 429 g/mol. The maximum Gasteiger partial charge on any atom is 0.253 e. The number of rotatable bonds is 9. The fourth-order valence-corrected chi connectivity index (χ4v) is 3.74. The first-order valence-corrected chi connectivity index (χ1v) is 11.0. The first-order chi connectivity index (χ1) is 15.7. The zero-order valence-electron chi connectivity index (χ0n) is 18.5. The molecule has 1 amide bonds. The third kappa shape index (κ3) is 4.97. The van der Waals surface area contributed by atoms with Gasteiger partial charge in [0.2, 0.25) is 0 Å². The summed E-state index contributed by atoms with van der Waals surface area (Å²) >= 11 is 0. The summed E-state index contributed by atoms with van der Waals surface area (Å²) < 4.78 is 8.10. The second-order valence-corrected chi connectivity index (χ2v) is 7.75. The zero-order valence-corrected chi connectivity index (χ0v) is 18.5. The van der Waals surface area contributed by atoms with Gasteiger partial charge < -0.3 is 14.6 Å². The van der Waals surface area contributed by atoms with Crippen molar-refractivity contribution in [2.24, 2.45) is 0 Å². The smallest absolute Gasteiger partial charge is 0.253 e. The highest BCUT2D eigenvalue weighted by Crippen LogP contribution is 2.22. The molecule has 2 aromatic carbocycles. The van der Waals surface area contributed by atoms with E-state index in [1.165, 1.54) is 5.56 Å². The summed E-state index contributed by atoms with van der Waals surface area (Å²) in [6.07, 6.45) is 5.06. The van der Waals surface area contributed by atoms with E-state index in [9.17, 15) is 4.79 Å². The van der Waals surface area contributed by atoms with Crippen LogP contribution in [0.5, 0.6) is 5.75 Å². The Hall–Kier alpha value is -3.67. The maximum atomic E-state index is 12.6. The van der Waals surface area contributed by atoms with Crippen LogP contribution in [0.15, 0.2) is 73.1 Å². The van der Waals surface area contributed by atoms with Crippen LogP contribution >= 0.6 is 0 Å². The third-order valence-electron chi connectivity index (χ3n) is 5.47. The van der Waals surface area contributed by atoms with Crippen molar-refractivity contribution in [1.82, 2.24) is 19.9 Å². The number of pyridine rings is 1. The Balaban J connectivity index is 1.45. The van der Waals surface area contributed by atoms with Gasteiger partial charge in [-0.25, -0.2) is 4.98 Å². The van der Waals surface area contributed by atoms with Crippen LogP contribution < -0.4 is 10.1 Å². The fourth-order valence-electron chi connectivity index (χ4n) is 3.74. The molecule has 4 aromatic rings. The number of amides is 1. The number of nitrogens with one attached hydrogen (secondary N) is 1. The number of nitrogens with zero attached hydrogens (tertiary/aromatic N) is 3. The lowest BCUT2D eigenvalue weighted by Gasteiger charge is -2.16. The van der Waals surface area contributed by atoms with Crippen LogP contribution in [0.3, 0.4) is 0 Å². The minimum Gasteiger partial charge on any atom is -0.494 e. The van der Waals surface area contributed by atoms with Crippen LogP contribution in [-0.2, 0) is 13.0 Å². The van der Waals surface area contributed by atoms with Gasteiger partial charge in [-0.05, 0) is 61.7 Å². The minimum absolute atomic E-state index is 0.164. The molecule has 0 aliphatic heterocycles. The molecule has 2 aromatic heterocycles. The van der Waals surface area contributed by atoms with Gasteiger partial charge in [-0.15, -0.1) is 0 Å². The SMILES string of the molecule is CCc1ccc(OCCCn2c(C(C)NC(=O)c3cccnc3)nc3ccccc32)cc1. The van der Waals surface area contributed by atoms with E-state index in [0.717, 1.165) is 42.0 Å². The summed E-state index contributed by atoms with van der Waals surface area (Å²) in [6.45, 7) is 5.45. The van der Waals surface area contributed by atoms with Crippen molar-refractivity contribution < 1.29 is 9.53 Å². The van der Waals surface area contributed by atoms with E-state index in [1.807, 2.05) is 37.3 Å². The summed E-state index contributed by atoms with van der Waals surface area (Å²) in [5, 5.41) is 3.05. The molecule has 4 rings (SSSR count). The highest BCUT2D eigenvalue weighted by atomic mass is 16.5. The van der Waals surface area contributed by atoms with Gasteiger partial charge in [-0.1, -0.05) is 31.2 Å². The van der Waals surface area contributed by atoms with Crippen LogP contribution in [0.2, 0.25) is 0 Å². The minimum atomic E-state index is -0.252. The monoisotopic (exact) mass is 428 g/mol. The highest BCUT2D eigenvalue weighted by Gasteiger charge is 2.19. The van der Waals surface area contributed by atoms with Gasteiger partial charge in [0.1, 0.15) is 11.6 Å². The van der Waals surface area contributed by atoms with Crippen molar-refractivity contribution in [2.45, 2.75) is 39.3 Å². The number of carbonyl (C=O) groups is 1. The molecule has 0 saturated heterocycles. The molecule has 0 spiro atoms. The van der Waals surface area contributed by atoms with Crippen molar-refractivity contribution in [2.75, 3.05) is 6.61 Å². The highest BCUT2D eigenvalue weighted by molar-refractivity contribution is 5.94. The molecule has 164 valence electrons. The van der Waals surface area contributed by atoms with Gasteiger partial charge >= 0.3 is 0 Å². The number of hydrogen-bond acceptors (Lipinski definition) is 4. The number of fused-ring (bicyclic) bond motifs is 1. The second-order valence-electron chi connectivity index (χ2n) is 7.75. The van der Waals surface area contributed by atoms with E-state index >= 15 is 0 Å². The predicted molar refractivity (Wildman–Crippen MR) is 126 cm³/mol. The van der Waals surface area contributed by atoms with Crippen LogP contribution in [0, 0.1) is 0 Å². The maximum absolute atomic E-state index is 12.6. The molecule has 0 saturated carbocycles. The number of aromatic nitrogens is 3. The first kappa shape index (κ1) is 21.6. The quantitative estimate of drug-likeness (QED) is 0.383.